The summed E-state index contributed by atoms with van der Waals surface area (Å²) < 4.78 is 1.76. The van der Waals surface area contributed by atoms with E-state index in [-0.39, 0.29) is 12.5 Å². The summed E-state index contributed by atoms with van der Waals surface area (Å²) in [5, 5.41) is 16.2. The van der Waals surface area contributed by atoms with Gasteiger partial charge in [0, 0.05) is 30.9 Å². The molecule has 0 atom stereocenters. The molecule has 1 saturated carbocycles. The van der Waals surface area contributed by atoms with Crippen LogP contribution in [-0.2, 0) is 16.6 Å². The van der Waals surface area contributed by atoms with Crippen molar-refractivity contribution in [1.82, 2.24) is 15.1 Å². The summed E-state index contributed by atoms with van der Waals surface area (Å²) in [5.41, 5.74) is 2.01. The van der Waals surface area contributed by atoms with E-state index in [2.05, 4.69) is 10.4 Å². The number of aliphatic carboxylic acids is 1. The third kappa shape index (κ3) is 2.99. The minimum Gasteiger partial charge on any atom is -0.481 e. The molecule has 0 radical (unpaired) electrons. The summed E-state index contributed by atoms with van der Waals surface area (Å²) in [7, 11) is 1.85. The highest BCUT2D eigenvalue weighted by Gasteiger charge is 2.44. The van der Waals surface area contributed by atoms with E-state index in [0.717, 1.165) is 23.4 Å². The molecular formula is C15H21N3O3. The molecule has 2 rings (SSSR count). The lowest BCUT2D eigenvalue weighted by Gasteiger charge is -2.37. The van der Waals surface area contributed by atoms with Gasteiger partial charge in [0.05, 0.1) is 11.1 Å². The maximum atomic E-state index is 11.8. The Hall–Kier alpha value is -2.11. The number of hydrogen-bond acceptors (Lipinski definition) is 3. The minimum absolute atomic E-state index is 0.191. The fourth-order valence-corrected chi connectivity index (χ4v) is 2.58. The standard InChI is InChI=1S/C15H21N3O3/c1-10-12(11(2)18(3)17-10)5-6-13(19)16-9-15(14(20)21)7-4-8-15/h5-6H,4,7-9H2,1-3H3,(H,16,19)(H,20,21)/b6-5+. The zero-order valence-electron chi connectivity index (χ0n) is 12.6. The minimum atomic E-state index is -0.822. The second-order valence-corrected chi connectivity index (χ2v) is 5.70. The van der Waals surface area contributed by atoms with Gasteiger partial charge in [-0.2, -0.15) is 5.10 Å². The van der Waals surface area contributed by atoms with Gasteiger partial charge >= 0.3 is 5.97 Å². The van der Waals surface area contributed by atoms with Crippen LogP contribution >= 0.6 is 0 Å². The number of carboxylic acid groups (broad SMARTS) is 1. The zero-order chi connectivity index (χ0) is 15.6. The molecule has 1 fully saturated rings. The molecule has 1 heterocycles. The van der Waals surface area contributed by atoms with Crippen molar-refractivity contribution in [2.24, 2.45) is 12.5 Å². The van der Waals surface area contributed by atoms with Crippen LogP contribution in [0.2, 0.25) is 0 Å². The largest absolute Gasteiger partial charge is 0.481 e. The van der Waals surface area contributed by atoms with Crippen LogP contribution in [-0.4, -0.2) is 33.3 Å². The molecule has 114 valence electrons. The molecule has 0 spiro atoms. The number of carbonyl (C=O) groups is 2. The van der Waals surface area contributed by atoms with E-state index < -0.39 is 11.4 Å². The third-order valence-corrected chi connectivity index (χ3v) is 4.33. The van der Waals surface area contributed by atoms with Gasteiger partial charge < -0.3 is 10.4 Å². The number of rotatable bonds is 5. The van der Waals surface area contributed by atoms with Gasteiger partial charge in [0.25, 0.3) is 0 Å². The second kappa shape index (κ2) is 5.71. The molecule has 6 heteroatoms. The van der Waals surface area contributed by atoms with Crippen LogP contribution in [0.5, 0.6) is 0 Å². The summed E-state index contributed by atoms with van der Waals surface area (Å²) in [5.74, 6) is -1.10. The highest BCUT2D eigenvalue weighted by Crippen LogP contribution is 2.40. The number of amides is 1. The number of carbonyl (C=O) groups excluding carboxylic acids is 1. The summed E-state index contributed by atoms with van der Waals surface area (Å²) in [4.78, 5) is 23.0. The molecule has 0 aliphatic heterocycles. The van der Waals surface area contributed by atoms with E-state index in [9.17, 15) is 14.7 Å². The Morgan fingerprint density at radius 2 is 2.10 bits per heavy atom. The van der Waals surface area contributed by atoms with Crippen molar-refractivity contribution in [2.75, 3.05) is 6.54 Å². The molecule has 1 amide bonds. The monoisotopic (exact) mass is 291 g/mol. The molecule has 1 aliphatic carbocycles. The lowest BCUT2D eigenvalue weighted by atomic mass is 9.69. The molecule has 0 bridgehead atoms. The van der Waals surface area contributed by atoms with Crippen LogP contribution in [0.4, 0.5) is 0 Å². The summed E-state index contributed by atoms with van der Waals surface area (Å²) in [6.45, 7) is 4.01. The van der Waals surface area contributed by atoms with E-state index in [1.807, 2.05) is 20.9 Å². The van der Waals surface area contributed by atoms with Crippen molar-refractivity contribution in [1.29, 1.82) is 0 Å². The van der Waals surface area contributed by atoms with Crippen LogP contribution in [0.25, 0.3) is 6.08 Å². The number of carboxylic acids is 1. The summed E-state index contributed by atoms with van der Waals surface area (Å²) in [6, 6.07) is 0. The Bertz CT molecular complexity index is 598. The number of aromatic nitrogens is 2. The van der Waals surface area contributed by atoms with Crippen LogP contribution < -0.4 is 5.32 Å². The highest BCUT2D eigenvalue weighted by molar-refractivity contribution is 5.92. The third-order valence-electron chi connectivity index (χ3n) is 4.33. The quantitative estimate of drug-likeness (QED) is 0.804. The molecule has 0 aromatic carbocycles. The molecule has 6 nitrogen and oxygen atoms in total. The van der Waals surface area contributed by atoms with Gasteiger partial charge in [0.2, 0.25) is 5.91 Å². The first-order valence-electron chi connectivity index (χ1n) is 7.05. The van der Waals surface area contributed by atoms with E-state index in [0.29, 0.717) is 12.8 Å². The predicted molar refractivity (Wildman–Crippen MR) is 78.6 cm³/mol. The van der Waals surface area contributed by atoms with Gasteiger partial charge in [-0.15, -0.1) is 0 Å². The van der Waals surface area contributed by atoms with E-state index in [4.69, 9.17) is 0 Å². The first-order valence-corrected chi connectivity index (χ1v) is 7.05. The van der Waals surface area contributed by atoms with Crippen molar-refractivity contribution >= 4 is 18.0 Å². The van der Waals surface area contributed by atoms with Crippen molar-refractivity contribution in [3.05, 3.63) is 23.0 Å². The van der Waals surface area contributed by atoms with E-state index >= 15 is 0 Å². The smallest absolute Gasteiger partial charge is 0.311 e. The molecule has 1 aromatic rings. The molecule has 0 saturated heterocycles. The van der Waals surface area contributed by atoms with Crippen molar-refractivity contribution in [3.63, 3.8) is 0 Å². The van der Waals surface area contributed by atoms with Crippen molar-refractivity contribution in [3.8, 4) is 0 Å². The first kappa shape index (κ1) is 15.3. The van der Waals surface area contributed by atoms with Gasteiger partial charge in [-0.25, -0.2) is 0 Å². The van der Waals surface area contributed by atoms with Gasteiger partial charge in [-0.05, 0) is 32.8 Å². The maximum absolute atomic E-state index is 11.8. The van der Waals surface area contributed by atoms with Gasteiger partial charge in [-0.3, -0.25) is 14.3 Å². The van der Waals surface area contributed by atoms with Gasteiger partial charge in [-0.1, -0.05) is 6.42 Å². The molecular weight excluding hydrogens is 270 g/mol. The predicted octanol–water partition coefficient (Wildman–Crippen LogP) is 1.42. The lowest BCUT2D eigenvalue weighted by molar-refractivity contribution is -0.154. The van der Waals surface area contributed by atoms with Crippen LogP contribution in [0.3, 0.4) is 0 Å². The zero-order valence-corrected chi connectivity index (χ0v) is 12.6. The fourth-order valence-electron chi connectivity index (χ4n) is 2.58. The SMILES string of the molecule is Cc1nn(C)c(C)c1/C=C/C(=O)NCC1(C(=O)O)CCC1. The van der Waals surface area contributed by atoms with E-state index in [1.54, 1.807) is 10.8 Å². The Kier molecular flexibility index (Phi) is 4.16. The summed E-state index contributed by atoms with van der Waals surface area (Å²) in [6.07, 6.45) is 5.33. The maximum Gasteiger partial charge on any atom is 0.311 e. The summed E-state index contributed by atoms with van der Waals surface area (Å²) >= 11 is 0. The first-order chi connectivity index (χ1) is 9.85. The van der Waals surface area contributed by atoms with Crippen LogP contribution in [0.15, 0.2) is 6.08 Å². The number of nitrogens with one attached hydrogen (secondary N) is 1. The van der Waals surface area contributed by atoms with Gasteiger partial charge in [0.15, 0.2) is 0 Å². The van der Waals surface area contributed by atoms with Crippen LogP contribution in [0.1, 0.15) is 36.2 Å². The number of nitrogens with zero attached hydrogens (tertiary/aromatic N) is 2. The molecule has 2 N–H and O–H groups in total. The van der Waals surface area contributed by atoms with E-state index in [1.165, 1.54) is 6.08 Å². The molecule has 1 aromatic heterocycles. The van der Waals surface area contributed by atoms with Crippen LogP contribution in [0, 0.1) is 19.3 Å². The fraction of sp³-hybridized carbons (Fsp3) is 0.533. The Morgan fingerprint density at radius 1 is 1.43 bits per heavy atom. The topological polar surface area (TPSA) is 84.2 Å². The van der Waals surface area contributed by atoms with Gasteiger partial charge in [0.1, 0.15) is 0 Å². The second-order valence-electron chi connectivity index (χ2n) is 5.70. The Labute approximate surface area is 123 Å². The average Bonchev–Trinajstić information content (AvgIpc) is 2.59. The number of hydrogen-bond donors (Lipinski definition) is 2. The van der Waals surface area contributed by atoms with Crippen molar-refractivity contribution in [2.45, 2.75) is 33.1 Å². The molecule has 21 heavy (non-hydrogen) atoms. The average molecular weight is 291 g/mol. The highest BCUT2D eigenvalue weighted by atomic mass is 16.4. The number of aryl methyl sites for hydroxylation is 2. The normalized spacial score (nSPS) is 16.7. The Balaban J connectivity index is 1.96. The van der Waals surface area contributed by atoms with Crippen molar-refractivity contribution < 1.29 is 14.7 Å². The molecule has 1 aliphatic rings. The molecule has 0 unspecified atom stereocenters. The Morgan fingerprint density at radius 3 is 2.52 bits per heavy atom. The lowest BCUT2D eigenvalue weighted by Crippen LogP contribution is -2.47.